The normalized spacial score (nSPS) is 11.0. The maximum absolute atomic E-state index is 13.3. The SMILES string of the molecule is COc1cc(C(=O)Nc2cccc(F)c2)c(N(C)S(C)(=O)=O)cc1OC. The van der Waals surface area contributed by atoms with E-state index in [1.165, 1.54) is 51.6 Å². The number of hydrogen-bond acceptors (Lipinski definition) is 5. The molecule has 1 amide bonds. The molecule has 0 bridgehead atoms. The zero-order valence-corrected chi connectivity index (χ0v) is 15.6. The number of nitrogens with one attached hydrogen (secondary N) is 1. The summed E-state index contributed by atoms with van der Waals surface area (Å²) >= 11 is 0. The third kappa shape index (κ3) is 4.23. The van der Waals surface area contributed by atoms with Gasteiger partial charge in [-0.15, -0.1) is 0 Å². The topological polar surface area (TPSA) is 84.9 Å². The molecule has 7 nitrogen and oxygen atoms in total. The second kappa shape index (κ2) is 7.61. The fourth-order valence-electron chi connectivity index (χ4n) is 2.25. The van der Waals surface area contributed by atoms with Gasteiger partial charge in [0.05, 0.1) is 31.7 Å². The molecular weight excluding hydrogens is 363 g/mol. The fourth-order valence-corrected chi connectivity index (χ4v) is 2.76. The summed E-state index contributed by atoms with van der Waals surface area (Å²) in [6, 6.07) is 8.11. The van der Waals surface area contributed by atoms with Crippen LogP contribution in [0.5, 0.6) is 11.5 Å². The van der Waals surface area contributed by atoms with Crippen LogP contribution in [-0.4, -0.2) is 41.8 Å². The zero-order chi connectivity index (χ0) is 19.5. The van der Waals surface area contributed by atoms with E-state index in [1.807, 2.05) is 0 Å². The summed E-state index contributed by atoms with van der Waals surface area (Å²) in [7, 11) is 0.468. The third-order valence-electron chi connectivity index (χ3n) is 3.67. The number of hydrogen-bond donors (Lipinski definition) is 1. The van der Waals surface area contributed by atoms with Crippen LogP contribution in [0.15, 0.2) is 36.4 Å². The Kier molecular flexibility index (Phi) is 5.71. The van der Waals surface area contributed by atoms with Crippen molar-refractivity contribution in [2.75, 3.05) is 37.1 Å². The summed E-state index contributed by atoms with van der Waals surface area (Å²) in [5.41, 5.74) is 0.358. The Hall–Kier alpha value is -2.81. The van der Waals surface area contributed by atoms with Gasteiger partial charge in [-0.2, -0.15) is 0 Å². The molecule has 2 aromatic carbocycles. The largest absolute Gasteiger partial charge is 0.493 e. The van der Waals surface area contributed by atoms with Crippen molar-refractivity contribution in [3.05, 3.63) is 47.8 Å². The third-order valence-corrected chi connectivity index (χ3v) is 4.86. The number of carbonyl (C=O) groups excluding carboxylic acids is 1. The Morgan fingerprint density at radius 2 is 1.73 bits per heavy atom. The molecule has 140 valence electrons. The van der Waals surface area contributed by atoms with Gasteiger partial charge in [0.1, 0.15) is 5.82 Å². The standard InChI is InChI=1S/C17H19FN2O5S/c1-20(26(4,22)23)14-10-16(25-3)15(24-2)9-13(14)17(21)19-12-7-5-6-11(18)8-12/h5-10H,1-4H3,(H,19,21). The number of methoxy groups -OCH3 is 2. The van der Waals surface area contributed by atoms with Gasteiger partial charge in [-0.05, 0) is 24.3 Å². The predicted octanol–water partition coefficient (Wildman–Crippen LogP) is 2.49. The van der Waals surface area contributed by atoms with Gasteiger partial charge in [-0.3, -0.25) is 9.10 Å². The average Bonchev–Trinajstić information content (AvgIpc) is 2.59. The number of nitrogens with zero attached hydrogens (tertiary/aromatic N) is 1. The van der Waals surface area contributed by atoms with Crippen molar-refractivity contribution < 1.29 is 27.1 Å². The van der Waals surface area contributed by atoms with Crippen molar-refractivity contribution in [1.82, 2.24) is 0 Å². The molecule has 0 saturated carbocycles. The van der Waals surface area contributed by atoms with Crippen LogP contribution in [0, 0.1) is 5.82 Å². The lowest BCUT2D eigenvalue weighted by molar-refractivity contribution is 0.102. The lowest BCUT2D eigenvalue weighted by atomic mass is 10.1. The van der Waals surface area contributed by atoms with Gasteiger partial charge in [0.15, 0.2) is 11.5 Å². The minimum absolute atomic E-state index is 0.0276. The highest BCUT2D eigenvalue weighted by atomic mass is 32.2. The summed E-state index contributed by atoms with van der Waals surface area (Å²) in [5, 5.41) is 2.54. The fraction of sp³-hybridized carbons (Fsp3) is 0.235. The smallest absolute Gasteiger partial charge is 0.257 e. The Labute approximate surface area is 151 Å². The molecule has 26 heavy (non-hydrogen) atoms. The van der Waals surface area contributed by atoms with Gasteiger partial charge in [0.25, 0.3) is 5.91 Å². The van der Waals surface area contributed by atoms with Crippen LogP contribution in [0.1, 0.15) is 10.4 Å². The molecular formula is C17H19FN2O5S. The summed E-state index contributed by atoms with van der Waals surface area (Å²) in [6.07, 6.45) is 1.01. The molecule has 0 spiro atoms. The maximum Gasteiger partial charge on any atom is 0.257 e. The molecule has 0 aliphatic carbocycles. The van der Waals surface area contributed by atoms with Crippen LogP contribution >= 0.6 is 0 Å². The summed E-state index contributed by atoms with van der Waals surface area (Å²) in [4.78, 5) is 12.7. The molecule has 0 aromatic heterocycles. The zero-order valence-electron chi connectivity index (χ0n) is 14.7. The van der Waals surface area contributed by atoms with E-state index in [2.05, 4.69) is 5.32 Å². The number of benzene rings is 2. The molecule has 1 N–H and O–H groups in total. The van der Waals surface area contributed by atoms with E-state index in [1.54, 1.807) is 0 Å². The van der Waals surface area contributed by atoms with Crippen LogP contribution in [0.4, 0.5) is 15.8 Å². The number of amides is 1. The van der Waals surface area contributed by atoms with Crippen molar-refractivity contribution in [2.24, 2.45) is 0 Å². The highest BCUT2D eigenvalue weighted by Crippen LogP contribution is 2.36. The van der Waals surface area contributed by atoms with Gasteiger partial charge in [0, 0.05) is 18.8 Å². The van der Waals surface area contributed by atoms with Crippen molar-refractivity contribution >= 4 is 27.3 Å². The summed E-state index contributed by atoms with van der Waals surface area (Å²) in [6.45, 7) is 0. The van der Waals surface area contributed by atoms with Crippen molar-refractivity contribution in [3.63, 3.8) is 0 Å². The second-order valence-electron chi connectivity index (χ2n) is 5.42. The first-order chi connectivity index (χ1) is 12.2. The Morgan fingerprint density at radius 1 is 1.12 bits per heavy atom. The summed E-state index contributed by atoms with van der Waals surface area (Å²) in [5.74, 6) is -0.617. The minimum Gasteiger partial charge on any atom is -0.493 e. The molecule has 0 fully saturated rings. The molecule has 0 atom stereocenters. The first-order valence-corrected chi connectivity index (χ1v) is 9.29. The van der Waals surface area contributed by atoms with E-state index < -0.39 is 21.7 Å². The minimum atomic E-state index is -3.64. The average molecular weight is 382 g/mol. The van der Waals surface area contributed by atoms with Crippen molar-refractivity contribution in [1.29, 1.82) is 0 Å². The lowest BCUT2D eigenvalue weighted by Crippen LogP contribution is -2.28. The quantitative estimate of drug-likeness (QED) is 0.830. The highest BCUT2D eigenvalue weighted by Gasteiger charge is 2.23. The molecule has 9 heteroatoms. The molecule has 0 radical (unpaired) electrons. The number of carbonyl (C=O) groups is 1. The number of anilines is 2. The number of rotatable bonds is 6. The second-order valence-corrected chi connectivity index (χ2v) is 7.43. The van der Waals surface area contributed by atoms with E-state index in [4.69, 9.17) is 9.47 Å². The Bertz CT molecular complexity index is 931. The van der Waals surface area contributed by atoms with Gasteiger partial charge in [0.2, 0.25) is 10.0 Å². The van der Waals surface area contributed by atoms with Crippen molar-refractivity contribution in [2.45, 2.75) is 0 Å². The van der Waals surface area contributed by atoms with Crippen LogP contribution < -0.4 is 19.1 Å². The van der Waals surface area contributed by atoms with E-state index in [0.717, 1.165) is 16.6 Å². The van der Waals surface area contributed by atoms with E-state index in [9.17, 15) is 17.6 Å². The van der Waals surface area contributed by atoms with Crippen LogP contribution in [0.25, 0.3) is 0 Å². The Morgan fingerprint density at radius 3 is 2.27 bits per heavy atom. The van der Waals surface area contributed by atoms with Crippen LogP contribution in [0.3, 0.4) is 0 Å². The first-order valence-electron chi connectivity index (χ1n) is 7.44. The molecule has 0 aliphatic heterocycles. The molecule has 2 aromatic rings. The maximum atomic E-state index is 13.3. The molecule has 0 unspecified atom stereocenters. The van der Waals surface area contributed by atoms with Crippen LogP contribution in [0.2, 0.25) is 0 Å². The monoisotopic (exact) mass is 382 g/mol. The van der Waals surface area contributed by atoms with Gasteiger partial charge < -0.3 is 14.8 Å². The number of halogens is 1. The first kappa shape index (κ1) is 19.5. The summed E-state index contributed by atoms with van der Waals surface area (Å²) < 4.78 is 48.5. The Balaban J connectivity index is 2.55. The van der Waals surface area contributed by atoms with Gasteiger partial charge in [-0.1, -0.05) is 6.07 Å². The van der Waals surface area contributed by atoms with Gasteiger partial charge >= 0.3 is 0 Å². The van der Waals surface area contributed by atoms with E-state index in [-0.39, 0.29) is 28.4 Å². The molecule has 0 aliphatic rings. The molecule has 2 rings (SSSR count). The van der Waals surface area contributed by atoms with Crippen LogP contribution in [-0.2, 0) is 10.0 Å². The number of ether oxygens (including phenoxy) is 2. The number of sulfonamides is 1. The van der Waals surface area contributed by atoms with Gasteiger partial charge in [-0.25, -0.2) is 12.8 Å². The predicted molar refractivity (Wildman–Crippen MR) is 97.1 cm³/mol. The van der Waals surface area contributed by atoms with Crippen molar-refractivity contribution in [3.8, 4) is 11.5 Å². The van der Waals surface area contributed by atoms with E-state index in [0.29, 0.717) is 0 Å². The van der Waals surface area contributed by atoms with E-state index >= 15 is 0 Å². The molecule has 0 saturated heterocycles. The highest BCUT2D eigenvalue weighted by molar-refractivity contribution is 7.92. The lowest BCUT2D eigenvalue weighted by Gasteiger charge is -2.22. The molecule has 0 heterocycles.